The smallest absolute Gasteiger partial charge is 0.137 e. The number of hydrogen-bond donors (Lipinski definition) is 2. The van der Waals surface area contributed by atoms with Crippen molar-refractivity contribution in [3.05, 3.63) is 60.0 Å². The molecule has 0 aliphatic rings. The molecule has 3 aromatic rings. The number of fused-ring (bicyclic) bond motifs is 1. The molecule has 0 saturated heterocycles. The molecule has 0 unspecified atom stereocenters. The highest BCUT2D eigenvalue weighted by Crippen LogP contribution is 2.21. The normalized spacial score (nSPS) is 11.0. The van der Waals surface area contributed by atoms with Crippen LogP contribution in [0.1, 0.15) is 17.7 Å². The monoisotopic (exact) mass is 327 g/mol. The maximum absolute atomic E-state index is 8.81. The summed E-state index contributed by atoms with van der Waals surface area (Å²) in [5, 5.41) is 12.2. The van der Waals surface area contributed by atoms with E-state index in [-0.39, 0.29) is 6.61 Å². The zero-order valence-electron chi connectivity index (χ0n) is 13.2. The van der Waals surface area contributed by atoms with Gasteiger partial charge in [-0.2, -0.15) is 0 Å². The van der Waals surface area contributed by atoms with Crippen molar-refractivity contribution in [2.75, 3.05) is 17.7 Å². The molecule has 0 fully saturated rings. The number of imidazole rings is 1. The molecule has 2 N–H and O–H groups in total. The summed E-state index contributed by atoms with van der Waals surface area (Å²) in [6, 6.07) is 12.6. The molecule has 0 saturated carbocycles. The van der Waals surface area contributed by atoms with Crippen LogP contribution >= 0.6 is 11.8 Å². The van der Waals surface area contributed by atoms with Gasteiger partial charge in [0.05, 0.1) is 18.4 Å². The Morgan fingerprint density at radius 1 is 1.22 bits per heavy atom. The molecule has 0 amide bonds. The van der Waals surface area contributed by atoms with Crippen molar-refractivity contribution in [3.8, 4) is 0 Å². The summed E-state index contributed by atoms with van der Waals surface area (Å²) < 4.78 is 2.11. The molecule has 0 bridgehead atoms. The first-order valence-corrected chi connectivity index (χ1v) is 8.75. The number of hydrogen-bond acceptors (Lipinski definition) is 4. The molecule has 2 aromatic heterocycles. The predicted molar refractivity (Wildman–Crippen MR) is 96.1 cm³/mol. The third-order valence-corrected chi connectivity index (χ3v) is 4.74. The summed E-state index contributed by atoms with van der Waals surface area (Å²) in [6.07, 6.45) is 4.81. The average molecular weight is 327 g/mol. The summed E-state index contributed by atoms with van der Waals surface area (Å²) in [7, 11) is 0. The van der Waals surface area contributed by atoms with Crippen molar-refractivity contribution in [2.24, 2.45) is 0 Å². The van der Waals surface area contributed by atoms with Gasteiger partial charge in [0.2, 0.25) is 0 Å². The van der Waals surface area contributed by atoms with E-state index in [0.29, 0.717) is 0 Å². The second-order valence-corrected chi connectivity index (χ2v) is 6.65. The van der Waals surface area contributed by atoms with Crippen molar-refractivity contribution in [1.82, 2.24) is 9.38 Å². The Hall–Kier alpha value is -1.98. The van der Waals surface area contributed by atoms with Gasteiger partial charge in [-0.05, 0) is 55.3 Å². The fraction of sp³-hybridized carbons (Fsp3) is 0.278. The van der Waals surface area contributed by atoms with Gasteiger partial charge in [-0.25, -0.2) is 4.98 Å². The molecular weight excluding hydrogens is 306 g/mol. The Morgan fingerprint density at radius 2 is 2.04 bits per heavy atom. The van der Waals surface area contributed by atoms with Gasteiger partial charge in [0.25, 0.3) is 0 Å². The number of aromatic nitrogens is 2. The van der Waals surface area contributed by atoms with Crippen LogP contribution in [0.5, 0.6) is 0 Å². The Balaban J connectivity index is 1.61. The molecule has 0 aliphatic carbocycles. The molecule has 0 spiro atoms. The first-order valence-electron chi connectivity index (χ1n) is 7.76. The topological polar surface area (TPSA) is 49.6 Å². The molecule has 3 rings (SSSR count). The van der Waals surface area contributed by atoms with Gasteiger partial charge in [-0.15, -0.1) is 11.8 Å². The maximum atomic E-state index is 8.81. The minimum atomic E-state index is 0.255. The third-order valence-electron chi connectivity index (χ3n) is 3.64. The third kappa shape index (κ3) is 4.06. The van der Waals surface area contributed by atoms with Crippen LogP contribution in [-0.2, 0) is 6.54 Å². The fourth-order valence-corrected chi connectivity index (χ4v) is 3.22. The molecule has 0 atom stereocenters. The predicted octanol–water partition coefficient (Wildman–Crippen LogP) is 3.73. The fourth-order valence-electron chi connectivity index (χ4n) is 2.38. The molecule has 0 aliphatic heterocycles. The van der Waals surface area contributed by atoms with E-state index in [0.717, 1.165) is 35.7 Å². The highest BCUT2D eigenvalue weighted by molar-refractivity contribution is 7.99. The Kier molecular flexibility index (Phi) is 5.20. The summed E-state index contributed by atoms with van der Waals surface area (Å²) in [5.41, 5.74) is 4.44. The number of thioether (sulfide) groups is 1. The van der Waals surface area contributed by atoms with Gasteiger partial charge in [0.1, 0.15) is 5.65 Å². The van der Waals surface area contributed by atoms with Crippen LogP contribution in [-0.4, -0.2) is 26.9 Å². The van der Waals surface area contributed by atoms with Gasteiger partial charge in [0.15, 0.2) is 0 Å². The van der Waals surface area contributed by atoms with Crippen molar-refractivity contribution >= 4 is 23.1 Å². The van der Waals surface area contributed by atoms with Gasteiger partial charge >= 0.3 is 0 Å². The van der Waals surface area contributed by atoms with E-state index in [1.807, 2.05) is 6.20 Å². The second-order valence-electron chi connectivity index (χ2n) is 5.49. The lowest BCUT2D eigenvalue weighted by molar-refractivity contribution is 0.296. The number of aliphatic hydroxyl groups is 1. The molecule has 5 heteroatoms. The van der Waals surface area contributed by atoms with Crippen LogP contribution < -0.4 is 5.32 Å². The lowest BCUT2D eigenvalue weighted by atomic mass is 10.3. The van der Waals surface area contributed by atoms with E-state index in [2.05, 4.69) is 64.2 Å². The number of anilines is 1. The maximum Gasteiger partial charge on any atom is 0.137 e. The number of benzene rings is 1. The van der Waals surface area contributed by atoms with Crippen LogP contribution in [0.25, 0.3) is 5.65 Å². The SMILES string of the molecule is Cc1ccn2c(CNc3ccc(SCCCO)cc3)cnc2c1. The largest absolute Gasteiger partial charge is 0.396 e. The van der Waals surface area contributed by atoms with Crippen molar-refractivity contribution in [3.63, 3.8) is 0 Å². The number of nitrogens with one attached hydrogen (secondary N) is 1. The van der Waals surface area contributed by atoms with Crippen molar-refractivity contribution in [2.45, 2.75) is 24.8 Å². The van der Waals surface area contributed by atoms with Crippen LogP contribution in [0.2, 0.25) is 0 Å². The molecular formula is C18H21N3OS. The Labute approximate surface area is 140 Å². The highest BCUT2D eigenvalue weighted by Gasteiger charge is 2.03. The highest BCUT2D eigenvalue weighted by atomic mass is 32.2. The zero-order valence-corrected chi connectivity index (χ0v) is 14.0. The molecule has 120 valence electrons. The zero-order chi connectivity index (χ0) is 16.1. The second kappa shape index (κ2) is 7.53. The Morgan fingerprint density at radius 3 is 2.83 bits per heavy atom. The summed E-state index contributed by atoms with van der Waals surface area (Å²) in [5.74, 6) is 0.949. The van der Waals surface area contributed by atoms with Crippen LogP contribution in [0.3, 0.4) is 0 Å². The van der Waals surface area contributed by atoms with Crippen LogP contribution in [0.4, 0.5) is 5.69 Å². The Bertz CT molecular complexity index is 768. The number of aryl methyl sites for hydroxylation is 1. The number of pyridine rings is 1. The quantitative estimate of drug-likeness (QED) is 0.513. The van der Waals surface area contributed by atoms with Crippen LogP contribution in [0, 0.1) is 6.92 Å². The summed E-state index contributed by atoms with van der Waals surface area (Å²) >= 11 is 1.77. The minimum Gasteiger partial charge on any atom is -0.396 e. The summed E-state index contributed by atoms with van der Waals surface area (Å²) in [4.78, 5) is 5.68. The first-order chi connectivity index (χ1) is 11.3. The van der Waals surface area contributed by atoms with Gasteiger partial charge < -0.3 is 14.8 Å². The molecule has 2 heterocycles. The van der Waals surface area contributed by atoms with E-state index >= 15 is 0 Å². The van der Waals surface area contributed by atoms with E-state index < -0.39 is 0 Å². The van der Waals surface area contributed by atoms with Crippen molar-refractivity contribution in [1.29, 1.82) is 0 Å². The lowest BCUT2D eigenvalue weighted by Crippen LogP contribution is -2.02. The first kappa shape index (κ1) is 15.9. The number of rotatable bonds is 7. The number of nitrogens with zero attached hydrogens (tertiary/aromatic N) is 2. The van der Waals surface area contributed by atoms with Gasteiger partial charge in [-0.1, -0.05) is 0 Å². The molecule has 0 radical (unpaired) electrons. The average Bonchev–Trinajstić information content (AvgIpc) is 2.96. The van der Waals surface area contributed by atoms with E-state index in [1.165, 1.54) is 10.5 Å². The molecule has 4 nitrogen and oxygen atoms in total. The lowest BCUT2D eigenvalue weighted by Gasteiger charge is -2.08. The van der Waals surface area contributed by atoms with Crippen LogP contribution in [0.15, 0.2) is 53.7 Å². The van der Waals surface area contributed by atoms with Gasteiger partial charge in [-0.3, -0.25) is 0 Å². The molecule has 23 heavy (non-hydrogen) atoms. The summed E-state index contributed by atoms with van der Waals surface area (Å²) in [6.45, 7) is 3.07. The molecule has 1 aromatic carbocycles. The van der Waals surface area contributed by atoms with E-state index in [4.69, 9.17) is 5.11 Å². The van der Waals surface area contributed by atoms with E-state index in [1.54, 1.807) is 11.8 Å². The minimum absolute atomic E-state index is 0.255. The van der Waals surface area contributed by atoms with E-state index in [9.17, 15) is 0 Å². The van der Waals surface area contributed by atoms with Gasteiger partial charge in [0, 0.05) is 29.1 Å². The number of aliphatic hydroxyl groups excluding tert-OH is 1. The standard InChI is InChI=1S/C18H21N3OS/c1-14-7-8-21-16(13-20-18(21)11-14)12-19-15-3-5-17(6-4-15)23-10-2-9-22/h3-8,11,13,19,22H,2,9-10,12H2,1H3. The van der Waals surface area contributed by atoms with Crippen molar-refractivity contribution < 1.29 is 5.11 Å².